The number of ether oxygens (including phenoxy) is 1. The molecule has 6 rings (SSSR count). The van der Waals surface area contributed by atoms with Crippen LogP contribution in [0.25, 0.3) is 21.3 Å². The summed E-state index contributed by atoms with van der Waals surface area (Å²) in [6.45, 7) is 3.40. The van der Waals surface area contributed by atoms with Crippen LogP contribution in [-0.2, 0) is 11.3 Å². The number of amides is 1. The molecule has 3 aromatic heterocycles. The zero-order valence-corrected chi connectivity index (χ0v) is 17.9. The van der Waals surface area contributed by atoms with E-state index in [-0.39, 0.29) is 5.91 Å². The van der Waals surface area contributed by atoms with Crippen LogP contribution >= 0.6 is 11.3 Å². The van der Waals surface area contributed by atoms with Crippen molar-refractivity contribution in [3.8, 4) is 10.9 Å². The number of nitrogens with zero attached hydrogens (tertiary/aromatic N) is 3. The van der Waals surface area contributed by atoms with E-state index in [0.29, 0.717) is 28.8 Å². The number of hydrogen-bond donors (Lipinski definition) is 1. The Bertz CT molecular complexity index is 1250. The van der Waals surface area contributed by atoms with Gasteiger partial charge in [-0.15, -0.1) is 0 Å². The number of piperidine rings is 1. The van der Waals surface area contributed by atoms with Gasteiger partial charge in [0.05, 0.1) is 11.2 Å². The molecule has 3 atom stereocenters. The molecule has 1 aromatic carbocycles. The standard InChI is InChI=1S/C23H22N4O3S/c1-13(28)25-19-10-16-7-15(19)11-27(16)12-18-9-14-8-17(4-5-20(14)29-18)30-23-26-22-21(31-23)3-2-6-24-22/h2-6,8-9,15-16,19H,7,10-12H2,1H3,(H,25,28)/t15-,16-,19-/m0/s1. The predicted molar refractivity (Wildman–Crippen MR) is 118 cm³/mol. The first-order valence-corrected chi connectivity index (χ1v) is 11.4. The second-order valence-electron chi connectivity index (χ2n) is 8.44. The Labute approximate surface area is 183 Å². The highest BCUT2D eigenvalue weighted by Crippen LogP contribution is 2.39. The third-order valence-corrected chi connectivity index (χ3v) is 7.18. The Morgan fingerprint density at radius 3 is 3.06 bits per heavy atom. The van der Waals surface area contributed by atoms with Crippen molar-refractivity contribution < 1.29 is 13.9 Å². The van der Waals surface area contributed by atoms with Crippen LogP contribution in [0.1, 0.15) is 25.5 Å². The van der Waals surface area contributed by atoms with E-state index < -0.39 is 0 Å². The summed E-state index contributed by atoms with van der Waals surface area (Å²) in [6.07, 6.45) is 3.91. The van der Waals surface area contributed by atoms with E-state index in [1.807, 2.05) is 30.3 Å². The van der Waals surface area contributed by atoms with Gasteiger partial charge in [-0.1, -0.05) is 11.3 Å². The molecule has 8 heteroatoms. The van der Waals surface area contributed by atoms with Gasteiger partial charge in [-0.05, 0) is 55.2 Å². The molecule has 2 aliphatic rings. The van der Waals surface area contributed by atoms with E-state index in [4.69, 9.17) is 9.15 Å². The Morgan fingerprint density at radius 2 is 2.26 bits per heavy atom. The lowest BCUT2D eigenvalue weighted by molar-refractivity contribution is -0.120. The molecule has 7 nitrogen and oxygen atoms in total. The quantitative estimate of drug-likeness (QED) is 0.504. The van der Waals surface area contributed by atoms with E-state index >= 15 is 0 Å². The molecule has 4 aromatic rings. The Balaban J connectivity index is 1.16. The highest BCUT2D eigenvalue weighted by molar-refractivity contribution is 7.20. The van der Waals surface area contributed by atoms with Crippen LogP contribution in [0.15, 0.2) is 47.0 Å². The number of furan rings is 1. The molecule has 1 saturated carbocycles. The molecule has 2 fully saturated rings. The summed E-state index contributed by atoms with van der Waals surface area (Å²) in [4.78, 5) is 22.6. The van der Waals surface area contributed by atoms with Gasteiger partial charge < -0.3 is 14.5 Å². The molecule has 1 saturated heterocycles. The van der Waals surface area contributed by atoms with E-state index in [1.54, 1.807) is 13.1 Å². The fraction of sp³-hybridized carbons (Fsp3) is 0.348. The van der Waals surface area contributed by atoms with Crippen LogP contribution in [0, 0.1) is 5.92 Å². The van der Waals surface area contributed by atoms with Crippen LogP contribution < -0.4 is 10.1 Å². The molecule has 0 radical (unpaired) electrons. The minimum atomic E-state index is 0.0708. The van der Waals surface area contributed by atoms with E-state index in [0.717, 1.165) is 53.1 Å². The number of carbonyl (C=O) groups excluding carboxylic acids is 1. The minimum absolute atomic E-state index is 0.0708. The average Bonchev–Trinajstić information content (AvgIpc) is 3.49. The maximum Gasteiger partial charge on any atom is 0.281 e. The van der Waals surface area contributed by atoms with Crippen molar-refractivity contribution in [2.75, 3.05) is 6.54 Å². The monoisotopic (exact) mass is 434 g/mol. The topological polar surface area (TPSA) is 80.5 Å². The third-order valence-electron chi connectivity index (χ3n) is 6.29. The molecule has 2 bridgehead atoms. The number of thiazole rings is 1. The van der Waals surface area contributed by atoms with Gasteiger partial charge in [0.25, 0.3) is 5.19 Å². The summed E-state index contributed by atoms with van der Waals surface area (Å²) < 4.78 is 13.1. The van der Waals surface area contributed by atoms with Crippen molar-refractivity contribution >= 4 is 38.6 Å². The minimum Gasteiger partial charge on any atom is -0.460 e. The molecule has 0 spiro atoms. The van der Waals surface area contributed by atoms with Crippen molar-refractivity contribution in [3.05, 3.63) is 48.4 Å². The fourth-order valence-corrected chi connectivity index (χ4v) is 5.78. The lowest BCUT2D eigenvalue weighted by Crippen LogP contribution is -2.44. The molecular weight excluding hydrogens is 412 g/mol. The van der Waals surface area contributed by atoms with Crippen LogP contribution in [0.2, 0.25) is 0 Å². The number of likely N-dealkylation sites (tertiary alicyclic amines) is 1. The number of nitrogens with one attached hydrogen (secondary N) is 1. The number of fused-ring (bicyclic) bond motifs is 4. The van der Waals surface area contributed by atoms with Gasteiger partial charge in [-0.25, -0.2) is 4.98 Å². The largest absolute Gasteiger partial charge is 0.460 e. The first kappa shape index (κ1) is 18.8. The maximum absolute atomic E-state index is 11.4. The van der Waals surface area contributed by atoms with Crippen LogP contribution in [0.4, 0.5) is 0 Å². The van der Waals surface area contributed by atoms with Crippen molar-refractivity contribution in [3.63, 3.8) is 0 Å². The lowest BCUT2D eigenvalue weighted by atomic mass is 10.0. The Morgan fingerprint density at radius 1 is 1.32 bits per heavy atom. The molecule has 31 heavy (non-hydrogen) atoms. The molecule has 158 valence electrons. The summed E-state index contributed by atoms with van der Waals surface area (Å²) in [5.74, 6) is 2.31. The fourth-order valence-electron chi connectivity index (χ4n) is 4.99. The molecule has 1 amide bonds. The third kappa shape index (κ3) is 3.55. The van der Waals surface area contributed by atoms with Crippen molar-refractivity contribution in [2.24, 2.45) is 5.92 Å². The van der Waals surface area contributed by atoms with Gasteiger partial charge in [0.15, 0.2) is 5.65 Å². The average molecular weight is 435 g/mol. The first-order valence-electron chi connectivity index (χ1n) is 10.5. The summed E-state index contributed by atoms with van der Waals surface area (Å²) in [5.41, 5.74) is 1.56. The molecule has 1 aliphatic carbocycles. The number of benzene rings is 1. The van der Waals surface area contributed by atoms with Crippen LogP contribution in [0.5, 0.6) is 10.9 Å². The second kappa shape index (κ2) is 7.32. The van der Waals surface area contributed by atoms with E-state index in [1.165, 1.54) is 11.3 Å². The summed E-state index contributed by atoms with van der Waals surface area (Å²) in [5, 5.41) is 4.71. The number of pyridine rings is 1. The van der Waals surface area contributed by atoms with Gasteiger partial charge >= 0.3 is 0 Å². The maximum atomic E-state index is 11.4. The van der Waals surface area contributed by atoms with Gasteiger partial charge in [-0.3, -0.25) is 9.69 Å². The molecular formula is C23H22N4O3S. The Hall–Kier alpha value is -2.97. The smallest absolute Gasteiger partial charge is 0.281 e. The van der Waals surface area contributed by atoms with Crippen molar-refractivity contribution in [1.29, 1.82) is 0 Å². The molecule has 1 aliphatic heterocycles. The highest BCUT2D eigenvalue weighted by Gasteiger charge is 2.44. The van der Waals surface area contributed by atoms with Gasteiger partial charge in [0.2, 0.25) is 5.91 Å². The zero-order chi connectivity index (χ0) is 20.9. The summed E-state index contributed by atoms with van der Waals surface area (Å²) >= 11 is 1.48. The SMILES string of the molecule is CC(=O)N[C@H]1C[C@@H]2C[C@H]1CN2Cc1cc2cc(Oc3nc4ncccc4s3)ccc2o1. The van der Waals surface area contributed by atoms with Crippen molar-refractivity contribution in [1.82, 2.24) is 20.2 Å². The van der Waals surface area contributed by atoms with E-state index in [9.17, 15) is 4.79 Å². The molecule has 0 unspecified atom stereocenters. The number of carbonyl (C=O) groups is 1. The second-order valence-corrected chi connectivity index (χ2v) is 9.43. The van der Waals surface area contributed by atoms with Gasteiger partial charge in [-0.2, -0.15) is 4.98 Å². The van der Waals surface area contributed by atoms with Gasteiger partial charge in [0.1, 0.15) is 17.1 Å². The van der Waals surface area contributed by atoms with Crippen molar-refractivity contribution in [2.45, 2.75) is 38.4 Å². The Kier molecular flexibility index (Phi) is 4.43. The van der Waals surface area contributed by atoms with Gasteiger partial charge in [0, 0.05) is 37.1 Å². The van der Waals surface area contributed by atoms with Crippen LogP contribution in [-0.4, -0.2) is 39.4 Å². The summed E-state index contributed by atoms with van der Waals surface area (Å²) in [7, 11) is 0. The number of hydrogen-bond acceptors (Lipinski definition) is 7. The van der Waals surface area contributed by atoms with Crippen LogP contribution in [0.3, 0.4) is 0 Å². The molecule has 4 heterocycles. The zero-order valence-electron chi connectivity index (χ0n) is 17.1. The predicted octanol–water partition coefficient (Wildman–Crippen LogP) is 4.33. The van der Waals surface area contributed by atoms with E-state index in [2.05, 4.69) is 26.3 Å². The number of rotatable bonds is 5. The lowest BCUT2D eigenvalue weighted by Gasteiger charge is -2.31. The molecule has 1 N–H and O–H groups in total. The number of aromatic nitrogens is 2. The normalized spacial score (nSPS) is 23.1. The highest BCUT2D eigenvalue weighted by atomic mass is 32.1. The summed E-state index contributed by atoms with van der Waals surface area (Å²) in [6, 6.07) is 12.7. The first-order chi connectivity index (χ1) is 15.1.